The molecule has 3 nitrogen and oxygen atoms in total. The van der Waals surface area contributed by atoms with Crippen LogP contribution in [-0.2, 0) is 12.8 Å². The lowest BCUT2D eigenvalue weighted by Gasteiger charge is -2.22. The number of guanidine groups is 1. The van der Waals surface area contributed by atoms with E-state index in [1.165, 1.54) is 59.6 Å². The lowest BCUT2D eigenvalue weighted by molar-refractivity contribution is 0.443. The van der Waals surface area contributed by atoms with Crippen LogP contribution in [-0.4, -0.2) is 5.96 Å². The summed E-state index contributed by atoms with van der Waals surface area (Å²) in [6, 6.07) is 19.5. The van der Waals surface area contributed by atoms with Gasteiger partial charge in [-0.15, -0.1) is 0 Å². The van der Waals surface area contributed by atoms with E-state index in [2.05, 4.69) is 59.9 Å². The average molecular weight is 370 g/mol. The minimum absolute atomic E-state index is 0.449. The van der Waals surface area contributed by atoms with Gasteiger partial charge in [0.1, 0.15) is 0 Å². The van der Waals surface area contributed by atoms with Crippen molar-refractivity contribution >= 4 is 28.1 Å². The Labute approximate surface area is 166 Å². The molecule has 1 saturated carbocycles. The number of aliphatic imine (C=N–C) groups is 1. The topological polar surface area (TPSA) is 50.4 Å². The number of aryl methyl sites for hydroxylation is 2. The van der Waals surface area contributed by atoms with Crippen LogP contribution in [0.1, 0.15) is 54.7 Å². The fourth-order valence-electron chi connectivity index (χ4n) is 4.93. The molecule has 2 aliphatic rings. The predicted octanol–water partition coefficient (Wildman–Crippen LogP) is 6.04. The van der Waals surface area contributed by atoms with Crippen LogP contribution in [0.4, 0.5) is 11.4 Å². The number of benzene rings is 3. The first-order valence-electron chi connectivity index (χ1n) is 10.5. The standard InChI is InChI=1S/C25H27N3/c26-25(27-21-13-9-18(10-14-21)17-5-2-1-3-6-17)28-23-16-12-20-8-4-7-19-11-15-22(23)24(19)20/h4,7-10,12-14,16-17H,1-3,5-6,11,15H2,(H3,26,27,28). The third kappa shape index (κ3) is 3.26. The Morgan fingerprint density at radius 2 is 1.71 bits per heavy atom. The summed E-state index contributed by atoms with van der Waals surface area (Å²) in [6.07, 6.45) is 8.89. The van der Waals surface area contributed by atoms with Gasteiger partial charge in [-0.05, 0) is 77.3 Å². The minimum atomic E-state index is 0.449. The van der Waals surface area contributed by atoms with E-state index < -0.39 is 0 Å². The van der Waals surface area contributed by atoms with Crippen molar-refractivity contribution in [1.82, 2.24) is 0 Å². The number of hydrogen-bond donors (Lipinski definition) is 2. The third-order valence-electron chi connectivity index (χ3n) is 6.36. The second-order valence-corrected chi connectivity index (χ2v) is 8.16. The van der Waals surface area contributed by atoms with E-state index in [1.807, 2.05) is 0 Å². The van der Waals surface area contributed by atoms with Gasteiger partial charge in [-0.2, -0.15) is 0 Å². The molecule has 0 aliphatic heterocycles. The second-order valence-electron chi connectivity index (χ2n) is 8.16. The van der Waals surface area contributed by atoms with Crippen LogP contribution >= 0.6 is 0 Å². The predicted molar refractivity (Wildman–Crippen MR) is 119 cm³/mol. The molecule has 0 unspecified atom stereocenters. The summed E-state index contributed by atoms with van der Waals surface area (Å²) in [5.74, 6) is 1.18. The quantitative estimate of drug-likeness (QED) is 0.436. The summed E-state index contributed by atoms with van der Waals surface area (Å²) < 4.78 is 0. The van der Waals surface area contributed by atoms with Gasteiger partial charge in [0.15, 0.2) is 5.96 Å². The fourth-order valence-corrected chi connectivity index (χ4v) is 4.93. The lowest BCUT2D eigenvalue weighted by Crippen LogP contribution is -2.22. The van der Waals surface area contributed by atoms with Crippen LogP contribution in [0.5, 0.6) is 0 Å². The maximum Gasteiger partial charge on any atom is 0.198 e. The summed E-state index contributed by atoms with van der Waals surface area (Å²) in [5.41, 5.74) is 12.4. The van der Waals surface area contributed by atoms with Crippen LogP contribution in [0.3, 0.4) is 0 Å². The second kappa shape index (κ2) is 7.31. The molecule has 0 radical (unpaired) electrons. The maximum atomic E-state index is 6.24. The zero-order chi connectivity index (χ0) is 18.9. The van der Waals surface area contributed by atoms with Crippen molar-refractivity contribution in [2.24, 2.45) is 10.7 Å². The van der Waals surface area contributed by atoms with Gasteiger partial charge in [0.05, 0.1) is 5.69 Å². The Morgan fingerprint density at radius 3 is 2.54 bits per heavy atom. The SMILES string of the molecule is NC(=Nc1ccc2cccc3c2c1CC3)Nc1ccc(C2CCCCC2)cc1. The molecule has 3 aromatic rings. The van der Waals surface area contributed by atoms with Crippen LogP contribution < -0.4 is 11.1 Å². The van der Waals surface area contributed by atoms with Crippen LogP contribution in [0.25, 0.3) is 10.8 Å². The monoisotopic (exact) mass is 369 g/mol. The van der Waals surface area contributed by atoms with Gasteiger partial charge in [-0.1, -0.05) is 55.7 Å². The van der Waals surface area contributed by atoms with E-state index in [-0.39, 0.29) is 0 Å². The molecule has 142 valence electrons. The smallest absolute Gasteiger partial charge is 0.198 e. The maximum absolute atomic E-state index is 6.24. The van der Waals surface area contributed by atoms with Crippen molar-refractivity contribution in [2.75, 3.05) is 5.32 Å². The Kier molecular flexibility index (Phi) is 4.52. The minimum Gasteiger partial charge on any atom is -0.369 e. The van der Waals surface area contributed by atoms with E-state index in [0.717, 1.165) is 30.1 Å². The molecular weight excluding hydrogens is 342 g/mol. The van der Waals surface area contributed by atoms with Gasteiger partial charge in [0.25, 0.3) is 0 Å². The molecule has 0 spiro atoms. The number of rotatable bonds is 3. The highest BCUT2D eigenvalue weighted by molar-refractivity contribution is 5.98. The van der Waals surface area contributed by atoms with E-state index in [1.54, 1.807) is 0 Å². The zero-order valence-corrected chi connectivity index (χ0v) is 16.2. The fraction of sp³-hybridized carbons (Fsp3) is 0.320. The summed E-state index contributed by atoms with van der Waals surface area (Å²) >= 11 is 0. The molecule has 0 bridgehead atoms. The van der Waals surface area contributed by atoms with Gasteiger partial charge in [0, 0.05) is 5.69 Å². The molecule has 0 atom stereocenters. The Morgan fingerprint density at radius 1 is 0.893 bits per heavy atom. The summed E-state index contributed by atoms with van der Waals surface area (Å²) in [4.78, 5) is 4.70. The van der Waals surface area contributed by atoms with Crippen LogP contribution in [0.2, 0.25) is 0 Å². The van der Waals surface area contributed by atoms with Gasteiger partial charge in [0.2, 0.25) is 0 Å². The van der Waals surface area contributed by atoms with Crippen molar-refractivity contribution in [3.63, 3.8) is 0 Å². The van der Waals surface area contributed by atoms with Crippen molar-refractivity contribution in [2.45, 2.75) is 50.9 Å². The zero-order valence-electron chi connectivity index (χ0n) is 16.2. The largest absolute Gasteiger partial charge is 0.369 e. The van der Waals surface area contributed by atoms with E-state index in [4.69, 9.17) is 10.7 Å². The molecule has 5 rings (SSSR count). The number of anilines is 1. The molecule has 1 fully saturated rings. The molecule has 3 N–H and O–H groups in total. The molecule has 0 heterocycles. The highest BCUT2D eigenvalue weighted by Gasteiger charge is 2.18. The normalized spacial score (nSPS) is 17.2. The number of nitrogens with two attached hydrogens (primary N) is 1. The summed E-state index contributed by atoms with van der Waals surface area (Å²) in [7, 11) is 0. The molecule has 28 heavy (non-hydrogen) atoms. The van der Waals surface area contributed by atoms with Gasteiger partial charge < -0.3 is 11.1 Å². The molecule has 0 saturated heterocycles. The van der Waals surface area contributed by atoms with Crippen LogP contribution in [0, 0.1) is 0 Å². The van der Waals surface area contributed by atoms with Crippen LogP contribution in [0.15, 0.2) is 59.6 Å². The highest BCUT2D eigenvalue weighted by Crippen LogP contribution is 2.37. The highest BCUT2D eigenvalue weighted by atomic mass is 15.1. The molecule has 0 amide bonds. The van der Waals surface area contributed by atoms with Crippen molar-refractivity contribution in [1.29, 1.82) is 0 Å². The third-order valence-corrected chi connectivity index (χ3v) is 6.36. The van der Waals surface area contributed by atoms with E-state index >= 15 is 0 Å². The summed E-state index contributed by atoms with van der Waals surface area (Å²) in [6.45, 7) is 0. The van der Waals surface area contributed by atoms with E-state index in [0.29, 0.717) is 5.96 Å². The average Bonchev–Trinajstić information content (AvgIpc) is 3.17. The van der Waals surface area contributed by atoms with E-state index in [9.17, 15) is 0 Å². The van der Waals surface area contributed by atoms with Crippen molar-refractivity contribution in [3.8, 4) is 0 Å². The molecule has 3 aromatic carbocycles. The first kappa shape index (κ1) is 17.3. The number of nitrogens with one attached hydrogen (secondary N) is 1. The van der Waals surface area contributed by atoms with Gasteiger partial charge in [-0.25, -0.2) is 4.99 Å². The molecule has 0 aromatic heterocycles. The Balaban J connectivity index is 1.35. The molecule has 3 heteroatoms. The molecular formula is C25H27N3. The van der Waals surface area contributed by atoms with Gasteiger partial charge >= 0.3 is 0 Å². The lowest BCUT2D eigenvalue weighted by atomic mass is 9.84. The molecule has 2 aliphatic carbocycles. The Bertz CT molecular complexity index is 1030. The van der Waals surface area contributed by atoms with Crippen molar-refractivity contribution in [3.05, 3.63) is 71.3 Å². The summed E-state index contributed by atoms with van der Waals surface area (Å²) in [5, 5.41) is 5.93. The number of hydrogen-bond acceptors (Lipinski definition) is 1. The number of nitrogens with zero attached hydrogens (tertiary/aromatic N) is 1. The van der Waals surface area contributed by atoms with Crippen molar-refractivity contribution < 1.29 is 0 Å². The first-order valence-corrected chi connectivity index (χ1v) is 10.5. The first-order chi connectivity index (χ1) is 13.8. The van der Waals surface area contributed by atoms with Gasteiger partial charge in [-0.3, -0.25) is 0 Å². The Hall–Kier alpha value is -2.81.